The minimum atomic E-state index is -0.861. The second-order valence-electron chi connectivity index (χ2n) is 6.85. The van der Waals surface area contributed by atoms with Gasteiger partial charge in [0.2, 0.25) is 5.89 Å². The summed E-state index contributed by atoms with van der Waals surface area (Å²) < 4.78 is 11.2. The first-order chi connectivity index (χ1) is 11.4. The largest absolute Gasteiger partial charge is 0.484 e. The summed E-state index contributed by atoms with van der Waals surface area (Å²) in [4.78, 5) is 6.54. The van der Waals surface area contributed by atoms with Crippen LogP contribution >= 0.6 is 0 Å². The number of aliphatic hydroxyl groups is 1. The van der Waals surface area contributed by atoms with Crippen LogP contribution in [0.3, 0.4) is 0 Å². The van der Waals surface area contributed by atoms with Gasteiger partial charge < -0.3 is 19.2 Å². The number of hydrogen-bond donors (Lipinski definition) is 1. The van der Waals surface area contributed by atoms with Crippen LogP contribution in [0, 0.1) is 13.8 Å². The molecule has 5 nitrogen and oxygen atoms in total. The monoisotopic (exact) mass is 330 g/mol. The standard InChI is InChI=1S/C19H26N2O3/c1-13-14(2)24-18(20-13)12-23-16-9-7-15(8-10-16)19(3,22)17-6-5-11-21(17)4/h7-10,17,22H,5-6,11-12H2,1-4H3/t17-,19?/m1/s1. The van der Waals surface area contributed by atoms with E-state index < -0.39 is 5.60 Å². The minimum absolute atomic E-state index is 0.155. The molecule has 1 fully saturated rings. The number of aromatic nitrogens is 1. The number of ether oxygens (including phenoxy) is 1. The van der Waals surface area contributed by atoms with Crippen molar-refractivity contribution < 1.29 is 14.3 Å². The van der Waals surface area contributed by atoms with Crippen molar-refractivity contribution in [1.29, 1.82) is 0 Å². The third-order valence-electron chi connectivity index (χ3n) is 5.04. The molecule has 1 aromatic heterocycles. The van der Waals surface area contributed by atoms with Crippen molar-refractivity contribution in [3.05, 3.63) is 47.2 Å². The molecule has 1 aliphatic heterocycles. The molecule has 130 valence electrons. The summed E-state index contributed by atoms with van der Waals surface area (Å²) in [6.45, 7) is 7.04. The molecule has 2 aromatic rings. The third-order valence-corrected chi connectivity index (χ3v) is 5.04. The predicted molar refractivity (Wildman–Crippen MR) is 92.0 cm³/mol. The van der Waals surface area contributed by atoms with E-state index in [1.165, 1.54) is 0 Å². The van der Waals surface area contributed by atoms with Crippen molar-refractivity contribution in [2.75, 3.05) is 13.6 Å². The summed E-state index contributed by atoms with van der Waals surface area (Å²) in [7, 11) is 2.07. The van der Waals surface area contributed by atoms with Gasteiger partial charge in [-0.25, -0.2) is 4.98 Å². The molecule has 5 heteroatoms. The Morgan fingerprint density at radius 3 is 2.58 bits per heavy atom. The number of oxazole rings is 1. The normalized spacial score (nSPS) is 21.0. The van der Waals surface area contributed by atoms with Crippen LogP contribution < -0.4 is 4.74 Å². The summed E-state index contributed by atoms with van der Waals surface area (Å²) in [5.41, 5.74) is 0.942. The second-order valence-corrected chi connectivity index (χ2v) is 6.85. The molecule has 1 aromatic carbocycles. The van der Waals surface area contributed by atoms with Crippen LogP contribution in [-0.4, -0.2) is 34.6 Å². The first-order valence-corrected chi connectivity index (χ1v) is 8.47. The Labute approximate surface area is 143 Å². The quantitative estimate of drug-likeness (QED) is 0.912. The lowest BCUT2D eigenvalue weighted by Crippen LogP contribution is -2.43. The molecule has 0 spiro atoms. The fourth-order valence-corrected chi connectivity index (χ4v) is 3.45. The van der Waals surface area contributed by atoms with Gasteiger partial charge in [0, 0.05) is 6.04 Å². The van der Waals surface area contributed by atoms with Gasteiger partial charge in [-0.2, -0.15) is 0 Å². The lowest BCUT2D eigenvalue weighted by molar-refractivity contribution is -0.0153. The van der Waals surface area contributed by atoms with E-state index in [4.69, 9.17) is 9.15 Å². The number of aryl methyl sites for hydroxylation is 2. The number of likely N-dealkylation sites (N-methyl/N-ethyl adjacent to an activating group) is 1. The molecule has 1 unspecified atom stereocenters. The molecule has 0 bridgehead atoms. The van der Waals surface area contributed by atoms with Crippen LogP contribution in [0.25, 0.3) is 0 Å². The highest BCUT2D eigenvalue weighted by Gasteiger charge is 2.38. The first-order valence-electron chi connectivity index (χ1n) is 8.47. The van der Waals surface area contributed by atoms with Gasteiger partial charge in [0.15, 0.2) is 6.61 Å². The van der Waals surface area contributed by atoms with Crippen LogP contribution in [-0.2, 0) is 12.2 Å². The number of benzene rings is 1. The van der Waals surface area contributed by atoms with Gasteiger partial charge in [0.05, 0.1) is 5.69 Å². The molecule has 0 radical (unpaired) electrons. The van der Waals surface area contributed by atoms with Gasteiger partial charge in [-0.1, -0.05) is 12.1 Å². The third kappa shape index (κ3) is 3.32. The van der Waals surface area contributed by atoms with E-state index in [1.807, 2.05) is 45.0 Å². The predicted octanol–water partition coefficient (Wildman–Crippen LogP) is 3.17. The second kappa shape index (κ2) is 6.57. The van der Waals surface area contributed by atoms with Gasteiger partial charge in [-0.05, 0) is 64.9 Å². The Bertz CT molecular complexity index is 672. The van der Waals surface area contributed by atoms with E-state index in [9.17, 15) is 5.11 Å². The van der Waals surface area contributed by atoms with Crippen LogP contribution in [0.4, 0.5) is 0 Å². The molecule has 2 heterocycles. The maximum atomic E-state index is 11.0. The molecule has 3 rings (SSSR count). The summed E-state index contributed by atoms with van der Waals surface area (Å²) in [5, 5.41) is 11.0. The summed E-state index contributed by atoms with van der Waals surface area (Å²) >= 11 is 0. The van der Waals surface area contributed by atoms with Crippen LogP contribution in [0.15, 0.2) is 28.7 Å². The van der Waals surface area contributed by atoms with Crippen LogP contribution in [0.2, 0.25) is 0 Å². The fraction of sp³-hybridized carbons (Fsp3) is 0.526. The van der Waals surface area contributed by atoms with E-state index in [0.717, 1.165) is 42.2 Å². The number of likely N-dealkylation sites (tertiary alicyclic amines) is 1. The van der Waals surface area contributed by atoms with Crippen LogP contribution in [0.1, 0.15) is 42.7 Å². The molecule has 0 amide bonds. The minimum Gasteiger partial charge on any atom is -0.484 e. The van der Waals surface area contributed by atoms with Gasteiger partial charge >= 0.3 is 0 Å². The van der Waals surface area contributed by atoms with Gasteiger partial charge in [0.25, 0.3) is 0 Å². The topological polar surface area (TPSA) is 58.7 Å². The van der Waals surface area contributed by atoms with Crippen molar-refractivity contribution in [2.45, 2.75) is 51.9 Å². The van der Waals surface area contributed by atoms with Gasteiger partial charge in [-0.3, -0.25) is 0 Å². The van der Waals surface area contributed by atoms with Crippen molar-refractivity contribution in [3.63, 3.8) is 0 Å². The Morgan fingerprint density at radius 2 is 2.04 bits per heavy atom. The van der Waals surface area contributed by atoms with Crippen molar-refractivity contribution in [3.8, 4) is 5.75 Å². The smallest absolute Gasteiger partial charge is 0.232 e. The molecule has 0 saturated carbocycles. The number of nitrogens with zero attached hydrogens (tertiary/aromatic N) is 2. The Kier molecular flexibility index (Phi) is 4.65. The lowest BCUT2D eigenvalue weighted by Gasteiger charge is -2.35. The zero-order valence-electron chi connectivity index (χ0n) is 14.9. The average Bonchev–Trinajstić information content (AvgIpc) is 3.12. The Balaban J connectivity index is 1.66. The Morgan fingerprint density at radius 1 is 1.33 bits per heavy atom. The van der Waals surface area contributed by atoms with E-state index in [2.05, 4.69) is 16.9 Å². The summed E-state index contributed by atoms with van der Waals surface area (Å²) in [6, 6.07) is 7.81. The first kappa shape index (κ1) is 17.0. The molecule has 1 aliphatic rings. The van der Waals surface area contributed by atoms with Crippen molar-refractivity contribution in [2.24, 2.45) is 0 Å². The molecule has 24 heavy (non-hydrogen) atoms. The highest BCUT2D eigenvalue weighted by atomic mass is 16.5. The lowest BCUT2D eigenvalue weighted by atomic mass is 9.87. The maximum Gasteiger partial charge on any atom is 0.232 e. The molecule has 2 atom stereocenters. The molecule has 0 aliphatic carbocycles. The van der Waals surface area contributed by atoms with E-state index >= 15 is 0 Å². The van der Waals surface area contributed by atoms with Crippen molar-refractivity contribution in [1.82, 2.24) is 9.88 Å². The zero-order valence-corrected chi connectivity index (χ0v) is 14.9. The summed E-state index contributed by atoms with van der Waals surface area (Å²) in [5.74, 6) is 2.14. The highest BCUT2D eigenvalue weighted by molar-refractivity contribution is 5.32. The number of hydrogen-bond acceptors (Lipinski definition) is 5. The molecular weight excluding hydrogens is 304 g/mol. The summed E-state index contributed by atoms with van der Waals surface area (Å²) in [6.07, 6.45) is 2.15. The van der Waals surface area contributed by atoms with E-state index in [-0.39, 0.29) is 6.04 Å². The average molecular weight is 330 g/mol. The SMILES string of the molecule is Cc1nc(COc2ccc(C(C)(O)[C@H]3CCCN3C)cc2)oc1C. The van der Waals surface area contributed by atoms with E-state index in [0.29, 0.717) is 12.5 Å². The van der Waals surface area contributed by atoms with Crippen LogP contribution in [0.5, 0.6) is 5.75 Å². The molecule has 1 N–H and O–H groups in total. The van der Waals surface area contributed by atoms with Crippen molar-refractivity contribution >= 4 is 0 Å². The molecule has 1 saturated heterocycles. The van der Waals surface area contributed by atoms with Gasteiger partial charge in [0.1, 0.15) is 17.1 Å². The zero-order chi connectivity index (χ0) is 17.3. The fourth-order valence-electron chi connectivity index (χ4n) is 3.45. The van der Waals surface area contributed by atoms with E-state index in [1.54, 1.807) is 0 Å². The molecular formula is C19H26N2O3. The maximum absolute atomic E-state index is 11.0. The van der Waals surface area contributed by atoms with Gasteiger partial charge in [-0.15, -0.1) is 0 Å². The Hall–Kier alpha value is -1.85. The highest BCUT2D eigenvalue weighted by Crippen LogP contribution is 2.34. The number of rotatable bonds is 5.